The van der Waals surface area contributed by atoms with Crippen molar-refractivity contribution in [3.05, 3.63) is 35.4 Å². The van der Waals surface area contributed by atoms with Gasteiger partial charge < -0.3 is 5.11 Å². The van der Waals surface area contributed by atoms with Crippen molar-refractivity contribution in [1.29, 1.82) is 0 Å². The van der Waals surface area contributed by atoms with Gasteiger partial charge in [0.1, 0.15) is 0 Å². The number of benzene rings is 1. The second kappa shape index (κ2) is 4.44. The molecule has 1 aliphatic carbocycles. The molecule has 1 N–H and O–H groups in total. The van der Waals surface area contributed by atoms with Gasteiger partial charge in [-0.2, -0.15) is 0 Å². The molecule has 0 aromatic heterocycles. The molecule has 1 heterocycles. The second-order valence-electron chi connectivity index (χ2n) is 5.53. The fourth-order valence-electron chi connectivity index (χ4n) is 3.18. The van der Waals surface area contributed by atoms with Crippen LogP contribution in [0.25, 0.3) is 0 Å². The van der Waals surface area contributed by atoms with Crippen molar-refractivity contribution in [2.75, 3.05) is 6.54 Å². The Kier molecular flexibility index (Phi) is 2.85. The third-order valence-corrected chi connectivity index (χ3v) is 4.35. The smallest absolute Gasteiger partial charge is 0.311 e. The van der Waals surface area contributed by atoms with Crippen LogP contribution in [0.3, 0.4) is 0 Å². The second-order valence-corrected chi connectivity index (χ2v) is 5.53. The minimum Gasteiger partial charge on any atom is -0.481 e. The molecule has 0 unspecified atom stereocenters. The fraction of sp³-hybridized carbons (Fsp3) is 0.400. The van der Waals surface area contributed by atoms with Gasteiger partial charge in [-0.25, -0.2) is 0 Å². The van der Waals surface area contributed by atoms with Gasteiger partial charge >= 0.3 is 5.97 Å². The van der Waals surface area contributed by atoms with Gasteiger partial charge in [0.2, 0.25) is 0 Å². The number of rotatable bonds is 3. The first kappa shape index (κ1) is 12.8. The Balaban J connectivity index is 1.92. The van der Waals surface area contributed by atoms with E-state index in [4.69, 9.17) is 0 Å². The van der Waals surface area contributed by atoms with Gasteiger partial charge in [-0.15, -0.1) is 0 Å². The monoisotopic (exact) mass is 273 g/mol. The van der Waals surface area contributed by atoms with Gasteiger partial charge in [-0.05, 0) is 25.0 Å². The van der Waals surface area contributed by atoms with Crippen molar-refractivity contribution in [3.8, 4) is 0 Å². The quantitative estimate of drug-likeness (QED) is 0.854. The van der Waals surface area contributed by atoms with Crippen LogP contribution in [0.15, 0.2) is 24.3 Å². The number of nitrogens with zero attached hydrogens (tertiary/aromatic N) is 1. The molecule has 3 rings (SSSR count). The number of carbonyl (C=O) groups is 3. The van der Waals surface area contributed by atoms with E-state index >= 15 is 0 Å². The summed E-state index contributed by atoms with van der Waals surface area (Å²) in [4.78, 5) is 37.2. The lowest BCUT2D eigenvalue weighted by molar-refractivity contribution is -0.149. The van der Waals surface area contributed by atoms with Crippen LogP contribution in [-0.2, 0) is 4.79 Å². The molecular weight excluding hydrogens is 258 g/mol. The normalized spacial score (nSPS) is 20.3. The lowest BCUT2D eigenvalue weighted by Crippen LogP contribution is -2.44. The molecule has 0 spiro atoms. The van der Waals surface area contributed by atoms with E-state index in [0.717, 1.165) is 17.7 Å². The molecule has 2 aliphatic rings. The third kappa shape index (κ3) is 1.73. The summed E-state index contributed by atoms with van der Waals surface area (Å²) in [5, 5.41) is 9.46. The summed E-state index contributed by atoms with van der Waals surface area (Å²) >= 11 is 0. The van der Waals surface area contributed by atoms with Gasteiger partial charge in [0.25, 0.3) is 11.8 Å². The number of amides is 2. The van der Waals surface area contributed by atoms with Crippen LogP contribution < -0.4 is 0 Å². The topological polar surface area (TPSA) is 74.7 Å². The largest absolute Gasteiger partial charge is 0.481 e. The molecule has 0 saturated heterocycles. The maximum absolute atomic E-state index is 12.3. The van der Waals surface area contributed by atoms with Crippen molar-refractivity contribution in [1.82, 2.24) is 4.90 Å². The first-order chi connectivity index (χ1) is 9.55. The summed E-state index contributed by atoms with van der Waals surface area (Å²) in [5.41, 5.74) is -0.222. The number of imide groups is 1. The SMILES string of the molecule is O=C1c2ccccc2C(=O)N1CC1(C(=O)O)CCCC1. The lowest BCUT2D eigenvalue weighted by Gasteiger charge is -2.28. The molecule has 104 valence electrons. The van der Waals surface area contributed by atoms with E-state index in [-0.39, 0.29) is 18.4 Å². The molecule has 0 atom stereocenters. The maximum Gasteiger partial charge on any atom is 0.311 e. The highest BCUT2D eigenvalue weighted by Crippen LogP contribution is 2.40. The van der Waals surface area contributed by atoms with Crippen LogP contribution in [0, 0.1) is 5.41 Å². The number of fused-ring (bicyclic) bond motifs is 1. The van der Waals surface area contributed by atoms with Crippen molar-refractivity contribution >= 4 is 17.8 Å². The highest BCUT2D eigenvalue weighted by molar-refractivity contribution is 6.21. The van der Waals surface area contributed by atoms with Crippen LogP contribution in [-0.4, -0.2) is 34.3 Å². The summed E-state index contributed by atoms with van der Waals surface area (Å²) in [7, 11) is 0. The van der Waals surface area contributed by atoms with E-state index in [2.05, 4.69) is 0 Å². The van der Waals surface area contributed by atoms with Gasteiger partial charge in [-0.3, -0.25) is 19.3 Å². The number of hydrogen-bond donors (Lipinski definition) is 1. The zero-order valence-corrected chi connectivity index (χ0v) is 11.0. The van der Waals surface area contributed by atoms with Gasteiger partial charge in [0.15, 0.2) is 0 Å². The minimum absolute atomic E-state index is 0.0192. The van der Waals surface area contributed by atoms with Crippen LogP contribution in [0.1, 0.15) is 46.4 Å². The standard InChI is InChI=1S/C15H15NO4/c17-12-10-5-1-2-6-11(10)13(18)16(12)9-15(14(19)20)7-3-4-8-15/h1-2,5-6H,3-4,7-9H2,(H,19,20). The summed E-state index contributed by atoms with van der Waals surface area (Å²) in [6.45, 7) is -0.0192. The molecule has 5 heteroatoms. The summed E-state index contributed by atoms with van der Waals surface area (Å²) in [6.07, 6.45) is 2.70. The van der Waals surface area contributed by atoms with E-state index in [1.165, 1.54) is 0 Å². The van der Waals surface area contributed by atoms with Crippen molar-refractivity contribution < 1.29 is 19.5 Å². The summed E-state index contributed by atoms with van der Waals surface area (Å²) < 4.78 is 0. The number of aliphatic carboxylic acids is 1. The van der Waals surface area contributed by atoms with Crippen molar-refractivity contribution in [2.24, 2.45) is 5.41 Å². The van der Waals surface area contributed by atoms with E-state index in [9.17, 15) is 19.5 Å². The van der Waals surface area contributed by atoms with Gasteiger partial charge in [0.05, 0.1) is 16.5 Å². The maximum atomic E-state index is 12.3. The zero-order valence-electron chi connectivity index (χ0n) is 11.0. The van der Waals surface area contributed by atoms with Gasteiger partial charge in [0, 0.05) is 6.54 Å². The minimum atomic E-state index is -0.965. The molecule has 20 heavy (non-hydrogen) atoms. The predicted molar refractivity (Wildman–Crippen MR) is 70.3 cm³/mol. The van der Waals surface area contributed by atoms with Crippen LogP contribution in [0.5, 0.6) is 0 Å². The Bertz CT molecular complexity index is 567. The number of hydrogen-bond acceptors (Lipinski definition) is 3. The Labute approximate surface area is 116 Å². The first-order valence-corrected chi connectivity index (χ1v) is 6.74. The highest BCUT2D eigenvalue weighted by Gasteiger charge is 2.47. The Morgan fingerprint density at radius 2 is 1.60 bits per heavy atom. The molecule has 1 aromatic rings. The van der Waals surface area contributed by atoms with Crippen molar-refractivity contribution in [3.63, 3.8) is 0 Å². The lowest BCUT2D eigenvalue weighted by atomic mass is 9.85. The molecule has 1 aromatic carbocycles. The molecule has 0 radical (unpaired) electrons. The van der Waals surface area contributed by atoms with Crippen LogP contribution in [0.2, 0.25) is 0 Å². The third-order valence-electron chi connectivity index (χ3n) is 4.35. The Hall–Kier alpha value is -2.17. The number of carbonyl (C=O) groups excluding carboxylic acids is 2. The molecule has 1 aliphatic heterocycles. The molecule has 2 amide bonds. The average molecular weight is 273 g/mol. The molecule has 5 nitrogen and oxygen atoms in total. The van der Waals surface area contributed by atoms with E-state index in [1.54, 1.807) is 24.3 Å². The first-order valence-electron chi connectivity index (χ1n) is 6.74. The number of carboxylic acid groups (broad SMARTS) is 1. The zero-order chi connectivity index (χ0) is 14.3. The van der Waals surface area contributed by atoms with Crippen LogP contribution in [0.4, 0.5) is 0 Å². The summed E-state index contributed by atoms with van der Waals surface area (Å²) in [5.74, 6) is -1.66. The van der Waals surface area contributed by atoms with Crippen molar-refractivity contribution in [2.45, 2.75) is 25.7 Å². The van der Waals surface area contributed by atoms with E-state index in [1.807, 2.05) is 0 Å². The highest BCUT2D eigenvalue weighted by atomic mass is 16.4. The molecule has 0 bridgehead atoms. The predicted octanol–water partition coefficient (Wildman–Crippen LogP) is 1.93. The molecule has 1 fully saturated rings. The Morgan fingerprint density at radius 3 is 2.05 bits per heavy atom. The number of carboxylic acids is 1. The van der Waals surface area contributed by atoms with Gasteiger partial charge in [-0.1, -0.05) is 25.0 Å². The molecular formula is C15H15NO4. The average Bonchev–Trinajstić information content (AvgIpc) is 3.01. The van der Waals surface area contributed by atoms with Crippen LogP contribution >= 0.6 is 0 Å². The van der Waals surface area contributed by atoms with E-state index in [0.29, 0.717) is 24.0 Å². The molecule has 1 saturated carbocycles. The fourth-order valence-corrected chi connectivity index (χ4v) is 3.18. The van der Waals surface area contributed by atoms with E-state index < -0.39 is 11.4 Å². The summed E-state index contributed by atoms with van der Waals surface area (Å²) in [6, 6.07) is 6.63. The Morgan fingerprint density at radius 1 is 1.10 bits per heavy atom.